The van der Waals surface area contributed by atoms with Gasteiger partial charge in [-0.3, -0.25) is 0 Å². The molecule has 3 unspecified atom stereocenters. The molecule has 1 aliphatic rings. The minimum Gasteiger partial charge on any atom is -0.480 e. The highest BCUT2D eigenvalue weighted by atomic mass is 16.4. The van der Waals surface area contributed by atoms with Gasteiger partial charge in [-0.05, 0) is 26.8 Å². The molecule has 0 radical (unpaired) electrons. The van der Waals surface area contributed by atoms with Crippen LogP contribution in [-0.2, 0) is 4.79 Å². The lowest BCUT2D eigenvalue weighted by molar-refractivity contribution is -0.139. The molecule has 0 bridgehead atoms. The number of piperidine rings is 1. The predicted molar refractivity (Wildman–Crippen MR) is 69.9 cm³/mol. The number of likely N-dealkylation sites (tertiary alicyclic amines) is 1. The average molecular weight is 273 g/mol. The molecule has 0 saturated carbocycles. The van der Waals surface area contributed by atoms with E-state index in [2.05, 4.69) is 22.5 Å². The van der Waals surface area contributed by atoms with E-state index in [1.807, 2.05) is 7.05 Å². The van der Waals surface area contributed by atoms with Gasteiger partial charge in [0.15, 0.2) is 0 Å². The number of hydrogen-bond acceptors (Lipinski definition) is 4. The lowest BCUT2D eigenvalue weighted by Crippen LogP contribution is -2.53. The summed E-state index contributed by atoms with van der Waals surface area (Å²) in [5.74, 6) is -1.14. The SMILES string of the molecule is CC1CC(NC(=O)NC(CCO)C(=O)O)CCN1C. The molecule has 7 nitrogen and oxygen atoms in total. The average Bonchev–Trinajstić information content (AvgIpc) is 2.33. The van der Waals surface area contributed by atoms with Crippen LogP contribution in [0.15, 0.2) is 0 Å². The molecule has 1 saturated heterocycles. The summed E-state index contributed by atoms with van der Waals surface area (Å²) in [6.07, 6.45) is 1.71. The molecular formula is C12H23N3O4. The van der Waals surface area contributed by atoms with Gasteiger partial charge in [0.25, 0.3) is 0 Å². The lowest BCUT2D eigenvalue weighted by atomic mass is 9.99. The smallest absolute Gasteiger partial charge is 0.326 e. The maximum atomic E-state index is 11.7. The maximum absolute atomic E-state index is 11.7. The Hall–Kier alpha value is -1.34. The van der Waals surface area contributed by atoms with Gasteiger partial charge < -0.3 is 25.7 Å². The van der Waals surface area contributed by atoms with Crippen LogP contribution in [0.5, 0.6) is 0 Å². The number of amides is 2. The Morgan fingerprint density at radius 2 is 2.16 bits per heavy atom. The van der Waals surface area contributed by atoms with Crippen LogP contribution in [0.25, 0.3) is 0 Å². The summed E-state index contributed by atoms with van der Waals surface area (Å²) in [6.45, 7) is 2.73. The molecule has 0 aliphatic carbocycles. The first-order valence-corrected chi connectivity index (χ1v) is 6.55. The first-order chi connectivity index (χ1) is 8.93. The van der Waals surface area contributed by atoms with Crippen LogP contribution >= 0.6 is 0 Å². The molecule has 0 aromatic rings. The maximum Gasteiger partial charge on any atom is 0.326 e. The summed E-state index contributed by atoms with van der Waals surface area (Å²) < 4.78 is 0. The van der Waals surface area contributed by atoms with Crippen LogP contribution in [-0.4, -0.2) is 65.4 Å². The van der Waals surface area contributed by atoms with Crippen molar-refractivity contribution in [2.75, 3.05) is 20.2 Å². The van der Waals surface area contributed by atoms with E-state index in [1.54, 1.807) is 0 Å². The zero-order chi connectivity index (χ0) is 14.4. The number of rotatable bonds is 5. The van der Waals surface area contributed by atoms with Crippen molar-refractivity contribution in [3.63, 3.8) is 0 Å². The Morgan fingerprint density at radius 1 is 1.47 bits per heavy atom. The largest absolute Gasteiger partial charge is 0.480 e. The molecule has 4 N–H and O–H groups in total. The normalized spacial score (nSPS) is 25.6. The summed E-state index contributed by atoms with van der Waals surface area (Å²) in [5.41, 5.74) is 0. The number of carbonyl (C=O) groups excluding carboxylic acids is 1. The number of carboxylic acid groups (broad SMARTS) is 1. The number of aliphatic hydroxyl groups is 1. The molecule has 0 aromatic carbocycles. The van der Waals surface area contributed by atoms with Crippen molar-refractivity contribution in [3.05, 3.63) is 0 Å². The topological polar surface area (TPSA) is 102 Å². The van der Waals surface area contributed by atoms with Crippen LogP contribution in [0.4, 0.5) is 4.79 Å². The van der Waals surface area contributed by atoms with Gasteiger partial charge >= 0.3 is 12.0 Å². The summed E-state index contributed by atoms with van der Waals surface area (Å²) >= 11 is 0. The predicted octanol–water partition coefficient (Wildman–Crippen LogP) is -0.396. The fraction of sp³-hybridized carbons (Fsp3) is 0.833. The van der Waals surface area contributed by atoms with Crippen molar-refractivity contribution < 1.29 is 19.8 Å². The van der Waals surface area contributed by atoms with Crippen molar-refractivity contribution in [1.29, 1.82) is 0 Å². The number of aliphatic hydroxyl groups excluding tert-OH is 1. The molecule has 3 atom stereocenters. The van der Waals surface area contributed by atoms with E-state index in [1.165, 1.54) is 0 Å². The van der Waals surface area contributed by atoms with Gasteiger partial charge in [0.2, 0.25) is 0 Å². The monoisotopic (exact) mass is 273 g/mol. The number of hydrogen-bond donors (Lipinski definition) is 4. The first-order valence-electron chi connectivity index (χ1n) is 6.55. The third-order valence-corrected chi connectivity index (χ3v) is 3.56. The summed E-state index contributed by atoms with van der Waals surface area (Å²) in [4.78, 5) is 24.8. The Bertz CT molecular complexity index is 324. The van der Waals surface area contributed by atoms with Crippen LogP contribution < -0.4 is 10.6 Å². The fourth-order valence-electron chi connectivity index (χ4n) is 2.19. The van der Waals surface area contributed by atoms with Gasteiger partial charge in [-0.2, -0.15) is 0 Å². The second kappa shape index (κ2) is 7.30. The molecule has 0 spiro atoms. The highest BCUT2D eigenvalue weighted by Gasteiger charge is 2.25. The Labute approximate surface area is 113 Å². The number of aliphatic carboxylic acids is 1. The Morgan fingerprint density at radius 3 is 2.68 bits per heavy atom. The van der Waals surface area contributed by atoms with Crippen molar-refractivity contribution >= 4 is 12.0 Å². The zero-order valence-corrected chi connectivity index (χ0v) is 11.4. The van der Waals surface area contributed by atoms with Gasteiger partial charge in [0.1, 0.15) is 6.04 Å². The summed E-state index contributed by atoms with van der Waals surface area (Å²) in [5, 5.41) is 22.8. The Balaban J connectivity index is 2.40. The van der Waals surface area contributed by atoms with Crippen molar-refractivity contribution in [2.24, 2.45) is 0 Å². The summed E-state index contributed by atoms with van der Waals surface area (Å²) in [6, 6.07) is -1.07. The van der Waals surface area contributed by atoms with E-state index >= 15 is 0 Å². The van der Waals surface area contributed by atoms with Gasteiger partial charge in [0.05, 0.1) is 0 Å². The van der Waals surface area contributed by atoms with E-state index in [0.29, 0.717) is 6.04 Å². The van der Waals surface area contributed by atoms with Crippen LogP contribution in [0.1, 0.15) is 26.2 Å². The summed E-state index contributed by atoms with van der Waals surface area (Å²) in [7, 11) is 2.04. The first kappa shape index (κ1) is 15.7. The number of nitrogens with zero attached hydrogens (tertiary/aromatic N) is 1. The van der Waals surface area contributed by atoms with E-state index in [9.17, 15) is 9.59 Å². The van der Waals surface area contributed by atoms with Crippen LogP contribution in [0.2, 0.25) is 0 Å². The number of urea groups is 1. The fourth-order valence-corrected chi connectivity index (χ4v) is 2.19. The number of carboxylic acids is 1. The minimum absolute atomic E-state index is 0.00651. The lowest BCUT2D eigenvalue weighted by Gasteiger charge is -2.35. The molecule has 1 rings (SSSR count). The van der Waals surface area contributed by atoms with Crippen LogP contribution in [0.3, 0.4) is 0 Å². The number of carbonyl (C=O) groups is 2. The molecule has 110 valence electrons. The second-order valence-corrected chi connectivity index (χ2v) is 5.07. The molecule has 2 amide bonds. The van der Waals surface area contributed by atoms with Gasteiger partial charge in [-0.15, -0.1) is 0 Å². The van der Waals surface area contributed by atoms with Crippen molar-refractivity contribution in [3.8, 4) is 0 Å². The minimum atomic E-state index is -1.14. The van der Waals surface area contributed by atoms with Crippen molar-refractivity contribution in [1.82, 2.24) is 15.5 Å². The van der Waals surface area contributed by atoms with Gasteiger partial charge in [-0.25, -0.2) is 9.59 Å². The third kappa shape index (κ3) is 5.04. The second-order valence-electron chi connectivity index (χ2n) is 5.07. The quantitative estimate of drug-likeness (QED) is 0.546. The van der Waals surface area contributed by atoms with E-state index in [4.69, 9.17) is 10.2 Å². The molecule has 1 fully saturated rings. The highest BCUT2D eigenvalue weighted by Crippen LogP contribution is 2.15. The van der Waals surface area contributed by atoms with Crippen LogP contribution in [0, 0.1) is 0 Å². The van der Waals surface area contributed by atoms with Crippen molar-refractivity contribution in [2.45, 2.75) is 44.3 Å². The van der Waals surface area contributed by atoms with Gasteiger partial charge in [0, 0.05) is 31.7 Å². The molecule has 1 heterocycles. The Kier molecular flexibility index (Phi) is 6.04. The van der Waals surface area contributed by atoms with E-state index in [-0.39, 0.29) is 19.1 Å². The van der Waals surface area contributed by atoms with E-state index in [0.717, 1.165) is 19.4 Å². The van der Waals surface area contributed by atoms with Gasteiger partial charge in [-0.1, -0.05) is 0 Å². The third-order valence-electron chi connectivity index (χ3n) is 3.56. The molecule has 1 aliphatic heterocycles. The standard InChI is InChI=1S/C12H23N3O4/c1-8-7-9(3-5-15(8)2)13-12(19)14-10(4-6-16)11(17)18/h8-10,16H,3-7H2,1-2H3,(H,17,18)(H2,13,14,19). The number of nitrogens with one attached hydrogen (secondary N) is 2. The molecular weight excluding hydrogens is 250 g/mol. The molecule has 7 heteroatoms. The zero-order valence-electron chi connectivity index (χ0n) is 11.4. The highest BCUT2D eigenvalue weighted by molar-refractivity contribution is 5.82. The van der Waals surface area contributed by atoms with E-state index < -0.39 is 18.0 Å². The molecule has 19 heavy (non-hydrogen) atoms. The molecule has 0 aromatic heterocycles.